The molecule has 1 aromatic carbocycles. The van der Waals surface area contributed by atoms with Crippen LogP contribution in [0.3, 0.4) is 0 Å². The second-order valence-electron chi connectivity index (χ2n) is 6.87. The summed E-state index contributed by atoms with van der Waals surface area (Å²) in [4.78, 5) is 6.78. The van der Waals surface area contributed by atoms with Crippen molar-refractivity contribution in [3.63, 3.8) is 0 Å². The maximum Gasteiger partial charge on any atom is 0.294 e. The van der Waals surface area contributed by atoms with Crippen molar-refractivity contribution in [2.24, 2.45) is 10.8 Å². The summed E-state index contributed by atoms with van der Waals surface area (Å²) in [6.07, 6.45) is 5.33. The predicted molar refractivity (Wildman–Crippen MR) is 107 cm³/mol. The molecule has 1 aromatic rings. The lowest BCUT2D eigenvalue weighted by atomic mass is 10.1. The van der Waals surface area contributed by atoms with Gasteiger partial charge in [0.2, 0.25) is 5.96 Å². The van der Waals surface area contributed by atoms with Crippen molar-refractivity contribution in [2.75, 3.05) is 39.3 Å². The molecular weight excluding hydrogens is 366 g/mol. The van der Waals surface area contributed by atoms with E-state index < -0.39 is 10.1 Å². The zero-order chi connectivity index (χ0) is 19.7. The van der Waals surface area contributed by atoms with Gasteiger partial charge in [-0.2, -0.15) is 8.42 Å². The van der Waals surface area contributed by atoms with Gasteiger partial charge < -0.3 is 10.2 Å². The highest BCUT2D eigenvalue weighted by atomic mass is 32.2. The van der Waals surface area contributed by atoms with E-state index >= 15 is 0 Å². The van der Waals surface area contributed by atoms with Crippen molar-refractivity contribution in [2.45, 2.75) is 37.5 Å². The fourth-order valence-corrected chi connectivity index (χ4v) is 3.49. The number of nitrogens with zero attached hydrogens (tertiary/aromatic N) is 3. The summed E-state index contributed by atoms with van der Waals surface area (Å²) >= 11 is 0. The van der Waals surface area contributed by atoms with Crippen LogP contribution < -0.4 is 11.2 Å². The van der Waals surface area contributed by atoms with Crippen LogP contribution in [0.25, 0.3) is 0 Å². The minimum atomic E-state index is -4.02. The number of piperidine rings is 1. The zero-order valence-electron chi connectivity index (χ0n) is 16.0. The van der Waals surface area contributed by atoms with E-state index in [1.165, 1.54) is 57.5 Å². The monoisotopic (exact) mass is 397 g/mol. The van der Waals surface area contributed by atoms with Gasteiger partial charge in [-0.15, -0.1) is 0 Å². The predicted octanol–water partition coefficient (Wildman–Crippen LogP) is 1.24. The van der Waals surface area contributed by atoms with Gasteiger partial charge in [-0.1, -0.05) is 24.1 Å². The molecule has 3 rings (SSSR count). The van der Waals surface area contributed by atoms with Crippen molar-refractivity contribution in [3.8, 4) is 0 Å². The van der Waals surface area contributed by atoms with Gasteiger partial charge in [0, 0.05) is 6.54 Å². The largest absolute Gasteiger partial charge is 0.355 e. The summed E-state index contributed by atoms with van der Waals surface area (Å²) in [6.45, 7) is 8.25. The second-order valence-corrected chi connectivity index (χ2v) is 8.29. The molecule has 4 N–H and O–H groups in total. The van der Waals surface area contributed by atoms with Crippen LogP contribution in [0, 0.1) is 6.92 Å². The fourth-order valence-electron chi connectivity index (χ4n) is 3.01. The van der Waals surface area contributed by atoms with E-state index in [0.29, 0.717) is 0 Å². The molecule has 2 heterocycles. The second kappa shape index (κ2) is 10.6. The number of nitrogens with two attached hydrogens (primary N) is 1. The number of nitrogens with one attached hydrogen (secondary N) is 1. The summed E-state index contributed by atoms with van der Waals surface area (Å²) in [5.41, 5.74) is 0.956. The van der Waals surface area contributed by atoms with Crippen LogP contribution in [-0.4, -0.2) is 68.1 Å². The van der Waals surface area contributed by atoms with Crippen LogP contribution >= 0.6 is 0 Å². The van der Waals surface area contributed by atoms with Gasteiger partial charge in [0.05, 0.1) is 18.0 Å². The van der Waals surface area contributed by atoms with E-state index in [1.807, 2.05) is 6.92 Å². The zero-order valence-corrected chi connectivity index (χ0v) is 16.8. The summed E-state index contributed by atoms with van der Waals surface area (Å²) in [5, 5.41) is 4.99. The van der Waals surface area contributed by atoms with E-state index in [-0.39, 0.29) is 4.90 Å². The van der Waals surface area contributed by atoms with Crippen molar-refractivity contribution in [1.29, 1.82) is 0 Å². The lowest BCUT2D eigenvalue weighted by Gasteiger charge is -2.26. The first-order chi connectivity index (χ1) is 12.9. The van der Waals surface area contributed by atoms with Gasteiger partial charge >= 0.3 is 0 Å². The van der Waals surface area contributed by atoms with Crippen LogP contribution in [0.2, 0.25) is 0 Å². The Kier molecular flexibility index (Phi) is 8.49. The normalized spacial score (nSPS) is 17.9. The van der Waals surface area contributed by atoms with Crippen molar-refractivity contribution in [1.82, 2.24) is 15.2 Å². The molecule has 9 heteroatoms. The Morgan fingerprint density at radius 1 is 1.15 bits per heavy atom. The number of hydrazine groups is 1. The van der Waals surface area contributed by atoms with Crippen LogP contribution in [0.5, 0.6) is 0 Å². The number of rotatable bonds is 5. The first-order valence-corrected chi connectivity index (χ1v) is 10.9. The molecule has 8 nitrogen and oxygen atoms in total. The highest BCUT2D eigenvalue weighted by Gasteiger charge is 2.13. The number of aliphatic imine (C=N–C) groups is 1. The number of guanidine groups is 1. The fraction of sp³-hybridized carbons (Fsp3) is 0.611. The summed E-state index contributed by atoms with van der Waals surface area (Å²) in [6, 6.07) is 5.99. The van der Waals surface area contributed by atoms with Crippen LogP contribution in [0.1, 0.15) is 31.2 Å². The molecule has 0 atom stereocenters. The Morgan fingerprint density at radius 2 is 1.81 bits per heavy atom. The molecule has 0 aromatic heterocycles. The van der Waals surface area contributed by atoms with E-state index in [4.69, 9.17) is 10.4 Å². The number of hydrogen-bond acceptors (Lipinski definition) is 7. The highest BCUT2D eigenvalue weighted by Crippen LogP contribution is 2.09. The highest BCUT2D eigenvalue weighted by molar-refractivity contribution is 7.85. The molecule has 0 amide bonds. The Balaban J connectivity index is 0.000000208. The minimum Gasteiger partial charge on any atom is -0.355 e. The molecule has 0 saturated carbocycles. The van der Waals surface area contributed by atoms with E-state index in [0.717, 1.165) is 31.2 Å². The van der Waals surface area contributed by atoms with Crippen LogP contribution in [0.15, 0.2) is 34.2 Å². The molecule has 27 heavy (non-hydrogen) atoms. The molecule has 1 fully saturated rings. The topological polar surface area (TPSA) is 111 Å². The molecule has 2 aliphatic heterocycles. The molecule has 152 valence electrons. The van der Waals surface area contributed by atoms with Gasteiger partial charge in [0.15, 0.2) is 0 Å². The quantitative estimate of drug-likeness (QED) is 0.389. The van der Waals surface area contributed by atoms with E-state index in [1.54, 1.807) is 17.1 Å². The molecule has 1 saturated heterocycles. The number of hydrogen-bond donors (Lipinski definition) is 3. The standard InChI is InChI=1S/C11H23N5.C7H8O3S/c12-16-10-6-14-11(16)13-5-4-9-15-7-2-1-3-8-15;1-6-2-4-7(5-3-6)11(8,9)10/h1-10,12H2,(H,13,14);2-5H,1H3,(H,8,9,10). The van der Waals surface area contributed by atoms with Gasteiger partial charge in [-0.25, -0.2) is 5.84 Å². The van der Waals surface area contributed by atoms with Gasteiger partial charge in [0.1, 0.15) is 0 Å². The SMILES string of the molecule is Cc1ccc(S(=O)(=O)O)cc1.NN1CCN=C1NCCCN1CCCCC1. The maximum absolute atomic E-state index is 10.5. The minimum absolute atomic E-state index is 0.0666. The van der Waals surface area contributed by atoms with E-state index in [2.05, 4.69) is 15.2 Å². The molecule has 2 aliphatic rings. The Hall–Kier alpha value is -1.68. The lowest BCUT2D eigenvalue weighted by Crippen LogP contribution is -2.43. The molecule has 0 spiro atoms. The lowest BCUT2D eigenvalue weighted by molar-refractivity contribution is 0.226. The third kappa shape index (κ3) is 7.84. The molecule has 0 radical (unpaired) electrons. The summed E-state index contributed by atoms with van der Waals surface area (Å²) in [7, 11) is -4.02. The van der Waals surface area contributed by atoms with Crippen molar-refractivity contribution < 1.29 is 13.0 Å². The molecule has 0 bridgehead atoms. The first-order valence-electron chi connectivity index (χ1n) is 9.43. The third-order valence-corrected chi connectivity index (χ3v) is 5.44. The molecule has 0 aliphatic carbocycles. The van der Waals surface area contributed by atoms with Gasteiger partial charge in [-0.05, 0) is 58.0 Å². The maximum atomic E-state index is 10.5. The van der Waals surface area contributed by atoms with Gasteiger partial charge in [-0.3, -0.25) is 14.6 Å². The van der Waals surface area contributed by atoms with Crippen molar-refractivity contribution in [3.05, 3.63) is 29.8 Å². The average Bonchev–Trinajstić information content (AvgIpc) is 3.05. The average molecular weight is 398 g/mol. The van der Waals surface area contributed by atoms with Crippen LogP contribution in [0.4, 0.5) is 0 Å². The summed E-state index contributed by atoms with van der Waals surface area (Å²) < 4.78 is 29.6. The Bertz CT molecular complexity index is 700. The smallest absolute Gasteiger partial charge is 0.294 e. The first kappa shape index (κ1) is 21.6. The third-order valence-electron chi connectivity index (χ3n) is 4.58. The Labute approximate surface area is 162 Å². The number of likely N-dealkylation sites (tertiary alicyclic amines) is 1. The number of aryl methyl sites for hydroxylation is 1. The van der Waals surface area contributed by atoms with Crippen LogP contribution in [-0.2, 0) is 10.1 Å². The molecular formula is C18H31N5O3S. The Morgan fingerprint density at radius 3 is 2.37 bits per heavy atom. The summed E-state index contributed by atoms with van der Waals surface area (Å²) in [5.74, 6) is 6.59. The van der Waals surface area contributed by atoms with Crippen molar-refractivity contribution >= 4 is 16.1 Å². The van der Waals surface area contributed by atoms with E-state index in [9.17, 15) is 8.42 Å². The van der Waals surface area contributed by atoms with Gasteiger partial charge in [0.25, 0.3) is 10.1 Å². The molecule has 0 unspecified atom stereocenters. The number of benzene rings is 1.